The highest BCUT2D eigenvalue weighted by molar-refractivity contribution is 7.10. The molecule has 0 aliphatic carbocycles. The zero-order valence-electron chi connectivity index (χ0n) is 12.0. The number of hydrogen-bond acceptors (Lipinski definition) is 6. The third-order valence-corrected chi connectivity index (χ3v) is 3.92. The van der Waals surface area contributed by atoms with Gasteiger partial charge in [0.1, 0.15) is 5.01 Å². The Kier molecular flexibility index (Phi) is 4.46. The Balaban J connectivity index is 2.50. The molecule has 1 aromatic heterocycles. The summed E-state index contributed by atoms with van der Waals surface area (Å²) >= 11 is 1.54. The molecule has 5 nitrogen and oxygen atoms in total. The minimum atomic E-state index is -0.0733. The van der Waals surface area contributed by atoms with Crippen LogP contribution in [-0.2, 0) is 0 Å². The van der Waals surface area contributed by atoms with Crippen LogP contribution in [0.3, 0.4) is 0 Å². The van der Waals surface area contributed by atoms with E-state index in [1.54, 1.807) is 32.7 Å². The minimum Gasteiger partial charge on any atom is -0.493 e. The summed E-state index contributed by atoms with van der Waals surface area (Å²) in [6, 6.07) is 3.68. The van der Waals surface area contributed by atoms with E-state index < -0.39 is 0 Å². The Labute approximate surface area is 122 Å². The molecule has 0 aliphatic rings. The first-order valence-corrected chi connectivity index (χ1v) is 7.00. The van der Waals surface area contributed by atoms with Crippen LogP contribution in [0.1, 0.15) is 18.0 Å². The molecule has 0 bridgehead atoms. The van der Waals surface area contributed by atoms with Crippen molar-refractivity contribution in [2.75, 3.05) is 21.3 Å². The van der Waals surface area contributed by atoms with Crippen molar-refractivity contribution in [3.05, 3.63) is 22.5 Å². The maximum atomic E-state index is 5.84. The van der Waals surface area contributed by atoms with Gasteiger partial charge in [-0.05, 0) is 19.1 Å². The maximum absolute atomic E-state index is 5.84. The molecule has 2 N–H and O–H groups in total. The van der Waals surface area contributed by atoms with Gasteiger partial charge >= 0.3 is 0 Å². The third-order valence-electron chi connectivity index (χ3n) is 2.87. The van der Waals surface area contributed by atoms with Gasteiger partial charge in [-0.2, -0.15) is 0 Å². The first-order chi connectivity index (χ1) is 9.60. The van der Waals surface area contributed by atoms with Crippen LogP contribution in [-0.4, -0.2) is 26.3 Å². The van der Waals surface area contributed by atoms with Gasteiger partial charge in [-0.25, -0.2) is 4.98 Å². The number of hydrogen-bond donors (Lipinski definition) is 1. The van der Waals surface area contributed by atoms with Crippen LogP contribution in [0.5, 0.6) is 17.2 Å². The summed E-state index contributed by atoms with van der Waals surface area (Å²) in [6.45, 7) is 1.91. The van der Waals surface area contributed by atoms with Crippen LogP contribution >= 0.6 is 11.3 Å². The molecule has 6 heteroatoms. The quantitative estimate of drug-likeness (QED) is 0.918. The number of nitrogens with two attached hydrogens (primary N) is 1. The molecular weight excluding hydrogens is 276 g/mol. The monoisotopic (exact) mass is 294 g/mol. The van der Waals surface area contributed by atoms with Crippen molar-refractivity contribution in [3.8, 4) is 28.5 Å². The topological polar surface area (TPSA) is 66.6 Å². The number of nitrogens with zero attached hydrogens (tertiary/aromatic N) is 1. The van der Waals surface area contributed by atoms with Gasteiger partial charge in [0.15, 0.2) is 11.5 Å². The summed E-state index contributed by atoms with van der Waals surface area (Å²) < 4.78 is 16.0. The number of methoxy groups -OCH3 is 3. The zero-order valence-corrected chi connectivity index (χ0v) is 12.8. The Morgan fingerprint density at radius 2 is 1.70 bits per heavy atom. The van der Waals surface area contributed by atoms with Crippen LogP contribution in [0.25, 0.3) is 11.3 Å². The van der Waals surface area contributed by atoms with Crippen LogP contribution in [0.4, 0.5) is 0 Å². The van der Waals surface area contributed by atoms with Gasteiger partial charge < -0.3 is 19.9 Å². The van der Waals surface area contributed by atoms with E-state index in [9.17, 15) is 0 Å². The van der Waals surface area contributed by atoms with Crippen molar-refractivity contribution < 1.29 is 14.2 Å². The van der Waals surface area contributed by atoms with Gasteiger partial charge in [-0.3, -0.25) is 0 Å². The maximum Gasteiger partial charge on any atom is 0.203 e. The van der Waals surface area contributed by atoms with Crippen molar-refractivity contribution in [1.82, 2.24) is 4.98 Å². The lowest BCUT2D eigenvalue weighted by Gasteiger charge is -2.13. The van der Waals surface area contributed by atoms with Crippen LogP contribution < -0.4 is 19.9 Å². The van der Waals surface area contributed by atoms with E-state index in [4.69, 9.17) is 19.9 Å². The lowest BCUT2D eigenvalue weighted by molar-refractivity contribution is 0.324. The first kappa shape index (κ1) is 14.6. The predicted octanol–water partition coefficient (Wildman–Crippen LogP) is 2.86. The normalized spacial score (nSPS) is 12.1. The van der Waals surface area contributed by atoms with E-state index in [0.717, 1.165) is 16.3 Å². The molecule has 2 aromatic rings. The molecule has 0 spiro atoms. The smallest absolute Gasteiger partial charge is 0.203 e. The van der Waals surface area contributed by atoms with Crippen LogP contribution in [0.2, 0.25) is 0 Å². The molecular formula is C14H18N2O3S. The van der Waals surface area contributed by atoms with Crippen LogP contribution in [0.15, 0.2) is 17.5 Å². The number of thiazole rings is 1. The van der Waals surface area contributed by atoms with Gasteiger partial charge in [0, 0.05) is 10.9 Å². The summed E-state index contributed by atoms with van der Waals surface area (Å²) in [5.74, 6) is 1.79. The second-order valence-electron chi connectivity index (χ2n) is 4.27. The molecule has 2 rings (SSSR count). The molecule has 1 atom stereocenters. The Bertz CT molecular complexity index is 571. The Hall–Kier alpha value is -1.79. The molecule has 1 heterocycles. The van der Waals surface area contributed by atoms with E-state index in [-0.39, 0.29) is 6.04 Å². The average Bonchev–Trinajstić information content (AvgIpc) is 2.95. The summed E-state index contributed by atoms with van der Waals surface area (Å²) in [5, 5.41) is 2.87. The second-order valence-corrected chi connectivity index (χ2v) is 5.16. The van der Waals surface area contributed by atoms with Crippen molar-refractivity contribution in [2.24, 2.45) is 5.73 Å². The zero-order chi connectivity index (χ0) is 14.7. The highest BCUT2D eigenvalue weighted by atomic mass is 32.1. The molecule has 1 aromatic carbocycles. The fourth-order valence-corrected chi connectivity index (χ4v) is 2.65. The predicted molar refractivity (Wildman–Crippen MR) is 79.8 cm³/mol. The van der Waals surface area contributed by atoms with Gasteiger partial charge in [-0.1, -0.05) is 0 Å². The first-order valence-electron chi connectivity index (χ1n) is 6.12. The largest absolute Gasteiger partial charge is 0.493 e. The standard InChI is InChI=1S/C14H18N2O3S/c1-8(15)14-16-10(7-20-14)9-5-11(17-2)13(19-4)12(6-9)18-3/h5-8H,15H2,1-4H3. The van der Waals surface area contributed by atoms with E-state index in [0.29, 0.717) is 17.2 Å². The van der Waals surface area contributed by atoms with E-state index >= 15 is 0 Å². The van der Waals surface area contributed by atoms with Crippen molar-refractivity contribution in [3.63, 3.8) is 0 Å². The molecule has 20 heavy (non-hydrogen) atoms. The van der Waals surface area contributed by atoms with Gasteiger partial charge in [-0.15, -0.1) is 11.3 Å². The summed E-state index contributed by atoms with van der Waals surface area (Å²) in [5.41, 5.74) is 7.60. The number of benzene rings is 1. The molecule has 0 aliphatic heterocycles. The van der Waals surface area contributed by atoms with Crippen molar-refractivity contribution in [1.29, 1.82) is 0 Å². The number of aromatic nitrogens is 1. The fraction of sp³-hybridized carbons (Fsp3) is 0.357. The van der Waals surface area contributed by atoms with Crippen molar-refractivity contribution >= 4 is 11.3 Å². The van der Waals surface area contributed by atoms with Crippen molar-refractivity contribution in [2.45, 2.75) is 13.0 Å². The second kappa shape index (κ2) is 6.11. The number of rotatable bonds is 5. The lowest BCUT2D eigenvalue weighted by atomic mass is 10.1. The molecule has 108 valence electrons. The molecule has 1 unspecified atom stereocenters. The van der Waals surface area contributed by atoms with Gasteiger partial charge in [0.25, 0.3) is 0 Å². The molecule has 0 fully saturated rings. The highest BCUT2D eigenvalue weighted by Crippen LogP contribution is 2.41. The van der Waals surface area contributed by atoms with Gasteiger partial charge in [0.05, 0.1) is 33.1 Å². The molecule has 0 radical (unpaired) electrons. The SMILES string of the molecule is COc1cc(-c2csc(C(C)N)n2)cc(OC)c1OC. The third kappa shape index (κ3) is 2.71. The lowest BCUT2D eigenvalue weighted by Crippen LogP contribution is -2.03. The Morgan fingerprint density at radius 1 is 1.10 bits per heavy atom. The fourth-order valence-electron chi connectivity index (χ4n) is 1.86. The van der Waals surface area contributed by atoms with Gasteiger partial charge in [0.2, 0.25) is 5.75 Å². The molecule has 0 amide bonds. The Morgan fingerprint density at radius 3 is 2.10 bits per heavy atom. The minimum absolute atomic E-state index is 0.0733. The average molecular weight is 294 g/mol. The summed E-state index contributed by atoms with van der Waals surface area (Å²) in [7, 11) is 4.77. The van der Waals surface area contributed by atoms with E-state index in [2.05, 4.69) is 4.98 Å². The van der Waals surface area contributed by atoms with E-state index in [1.807, 2.05) is 24.4 Å². The highest BCUT2D eigenvalue weighted by Gasteiger charge is 2.16. The summed E-state index contributed by atoms with van der Waals surface area (Å²) in [4.78, 5) is 4.53. The molecule has 0 saturated heterocycles. The van der Waals surface area contributed by atoms with E-state index in [1.165, 1.54) is 0 Å². The summed E-state index contributed by atoms with van der Waals surface area (Å²) in [6.07, 6.45) is 0. The number of ether oxygens (including phenoxy) is 3. The van der Waals surface area contributed by atoms with Crippen LogP contribution in [0, 0.1) is 0 Å². The molecule has 0 saturated carbocycles.